The lowest BCUT2D eigenvalue weighted by atomic mass is 9.84. The molecule has 6 heteroatoms. The molecule has 1 amide bonds. The molecule has 5 nitrogen and oxygen atoms in total. The largest absolute Gasteiger partial charge is 0.497 e. The Labute approximate surface area is 157 Å². The summed E-state index contributed by atoms with van der Waals surface area (Å²) in [5, 5.41) is 3.77. The summed E-state index contributed by atoms with van der Waals surface area (Å²) >= 11 is 0. The minimum atomic E-state index is -0.398. The lowest BCUT2D eigenvalue weighted by Gasteiger charge is -2.25. The van der Waals surface area contributed by atoms with Crippen molar-refractivity contribution in [2.75, 3.05) is 20.8 Å². The number of methoxy groups -OCH3 is 2. The Balaban J connectivity index is 1.80. The van der Waals surface area contributed by atoms with Gasteiger partial charge < -0.3 is 19.8 Å². The van der Waals surface area contributed by atoms with Gasteiger partial charge in [0.15, 0.2) is 0 Å². The highest BCUT2D eigenvalue weighted by atomic mass is 19.1. The number of fused-ring (bicyclic) bond motifs is 1. The molecule has 27 heavy (non-hydrogen) atoms. The van der Waals surface area contributed by atoms with Crippen LogP contribution in [0.15, 0.2) is 42.6 Å². The number of hydrogen-bond donors (Lipinski definition) is 2. The molecule has 142 valence electrons. The van der Waals surface area contributed by atoms with E-state index in [1.54, 1.807) is 24.3 Å². The van der Waals surface area contributed by atoms with Gasteiger partial charge in [-0.25, -0.2) is 4.39 Å². The lowest BCUT2D eigenvalue weighted by Crippen LogP contribution is -2.36. The van der Waals surface area contributed by atoms with Gasteiger partial charge in [0.05, 0.1) is 14.2 Å². The summed E-state index contributed by atoms with van der Waals surface area (Å²) in [4.78, 5) is 15.8. The minimum absolute atomic E-state index is 0.230. The van der Waals surface area contributed by atoms with Crippen molar-refractivity contribution in [1.82, 2.24) is 10.3 Å². The smallest absolute Gasteiger partial charge is 0.251 e. The molecule has 0 atom stereocenters. The maximum absolute atomic E-state index is 13.7. The highest BCUT2D eigenvalue weighted by Gasteiger charge is 2.25. The van der Waals surface area contributed by atoms with Crippen LogP contribution in [0.3, 0.4) is 0 Å². The molecular weight excluding hydrogens is 347 g/mol. The third-order valence-corrected chi connectivity index (χ3v) is 4.68. The van der Waals surface area contributed by atoms with Gasteiger partial charge in [0.25, 0.3) is 5.91 Å². The van der Waals surface area contributed by atoms with Gasteiger partial charge in [0.1, 0.15) is 17.3 Å². The minimum Gasteiger partial charge on any atom is -0.497 e. The third-order valence-electron chi connectivity index (χ3n) is 4.68. The number of ether oxygens (including phenoxy) is 2. The van der Waals surface area contributed by atoms with Crippen LogP contribution in [0, 0.1) is 5.82 Å². The van der Waals surface area contributed by atoms with Gasteiger partial charge in [-0.1, -0.05) is 13.8 Å². The predicted octanol–water partition coefficient (Wildman–Crippen LogP) is 4.03. The molecular formula is C21H23FN2O3. The molecule has 0 unspecified atom stereocenters. The van der Waals surface area contributed by atoms with E-state index in [1.165, 1.54) is 26.4 Å². The number of aromatic amines is 1. The Morgan fingerprint density at radius 1 is 1.11 bits per heavy atom. The average molecular weight is 370 g/mol. The van der Waals surface area contributed by atoms with Crippen LogP contribution in [-0.2, 0) is 5.41 Å². The molecule has 0 aliphatic carbocycles. The van der Waals surface area contributed by atoms with Crippen molar-refractivity contribution < 1.29 is 18.7 Å². The second-order valence-electron chi connectivity index (χ2n) is 7.06. The van der Waals surface area contributed by atoms with Gasteiger partial charge in [-0.15, -0.1) is 0 Å². The van der Waals surface area contributed by atoms with E-state index in [9.17, 15) is 9.18 Å². The van der Waals surface area contributed by atoms with Gasteiger partial charge in [-0.2, -0.15) is 0 Å². The molecule has 3 rings (SSSR count). The van der Waals surface area contributed by atoms with E-state index < -0.39 is 5.41 Å². The fourth-order valence-corrected chi connectivity index (χ4v) is 3.09. The van der Waals surface area contributed by atoms with Crippen molar-refractivity contribution in [2.24, 2.45) is 0 Å². The fraction of sp³-hybridized carbons (Fsp3) is 0.286. The van der Waals surface area contributed by atoms with Crippen LogP contribution in [0.4, 0.5) is 4.39 Å². The Hall–Kier alpha value is -3.02. The zero-order valence-electron chi connectivity index (χ0n) is 15.9. The van der Waals surface area contributed by atoms with Crippen molar-refractivity contribution >= 4 is 16.8 Å². The zero-order valence-corrected chi connectivity index (χ0v) is 15.9. The van der Waals surface area contributed by atoms with E-state index >= 15 is 0 Å². The SMILES string of the molecule is COc1cc(OC)cc(C(=O)NCC(C)(C)c2c[nH]c3ccc(F)cc23)c1. The van der Waals surface area contributed by atoms with Crippen LogP contribution in [0.25, 0.3) is 10.9 Å². The first-order chi connectivity index (χ1) is 12.8. The van der Waals surface area contributed by atoms with Crippen molar-refractivity contribution in [2.45, 2.75) is 19.3 Å². The van der Waals surface area contributed by atoms with Crippen molar-refractivity contribution in [3.8, 4) is 11.5 Å². The molecule has 0 saturated heterocycles. The van der Waals surface area contributed by atoms with Crippen molar-refractivity contribution in [3.63, 3.8) is 0 Å². The van der Waals surface area contributed by atoms with E-state index in [-0.39, 0.29) is 11.7 Å². The highest BCUT2D eigenvalue weighted by molar-refractivity contribution is 5.95. The molecule has 0 spiro atoms. The normalized spacial score (nSPS) is 11.4. The molecule has 0 bridgehead atoms. The van der Waals surface area contributed by atoms with E-state index in [2.05, 4.69) is 10.3 Å². The summed E-state index contributed by atoms with van der Waals surface area (Å²) in [7, 11) is 3.07. The molecule has 0 radical (unpaired) electrons. The van der Waals surface area contributed by atoms with E-state index in [1.807, 2.05) is 20.0 Å². The maximum Gasteiger partial charge on any atom is 0.251 e. The molecule has 1 heterocycles. The van der Waals surface area contributed by atoms with Gasteiger partial charge >= 0.3 is 0 Å². The van der Waals surface area contributed by atoms with E-state index in [0.717, 1.165) is 16.5 Å². The summed E-state index contributed by atoms with van der Waals surface area (Å²) in [6.07, 6.45) is 1.87. The number of carbonyl (C=O) groups is 1. The van der Waals surface area contributed by atoms with E-state index in [0.29, 0.717) is 23.6 Å². The van der Waals surface area contributed by atoms with Gasteiger partial charge in [0.2, 0.25) is 0 Å². The third kappa shape index (κ3) is 3.89. The molecule has 0 aliphatic rings. The lowest BCUT2D eigenvalue weighted by molar-refractivity contribution is 0.0945. The number of amides is 1. The van der Waals surface area contributed by atoms with Gasteiger partial charge in [-0.05, 0) is 35.9 Å². The maximum atomic E-state index is 13.7. The standard InChI is InChI=1S/C21H23FN2O3/c1-21(2,18-11-23-19-6-5-14(22)9-17(18)19)12-24-20(25)13-7-15(26-3)10-16(8-13)27-4/h5-11,23H,12H2,1-4H3,(H,24,25). The topological polar surface area (TPSA) is 63.4 Å². The number of rotatable bonds is 6. The zero-order chi connectivity index (χ0) is 19.6. The van der Waals surface area contributed by atoms with Crippen LogP contribution in [0.1, 0.15) is 29.8 Å². The van der Waals surface area contributed by atoms with Crippen molar-refractivity contribution in [1.29, 1.82) is 0 Å². The van der Waals surface area contributed by atoms with E-state index in [4.69, 9.17) is 9.47 Å². The first-order valence-electron chi connectivity index (χ1n) is 8.62. The number of halogens is 1. The summed E-state index contributed by atoms with van der Waals surface area (Å²) in [6, 6.07) is 9.68. The predicted molar refractivity (Wildman–Crippen MR) is 103 cm³/mol. The fourth-order valence-electron chi connectivity index (χ4n) is 3.09. The molecule has 0 fully saturated rings. The Morgan fingerprint density at radius 3 is 2.41 bits per heavy atom. The number of benzene rings is 2. The summed E-state index contributed by atoms with van der Waals surface area (Å²) in [5.74, 6) is 0.578. The molecule has 2 N–H and O–H groups in total. The second kappa shape index (κ2) is 7.31. The van der Waals surface area contributed by atoms with Crippen LogP contribution >= 0.6 is 0 Å². The van der Waals surface area contributed by atoms with Crippen LogP contribution in [0.5, 0.6) is 11.5 Å². The Morgan fingerprint density at radius 2 is 1.78 bits per heavy atom. The molecule has 1 aromatic heterocycles. The average Bonchev–Trinajstić information content (AvgIpc) is 3.09. The first kappa shape index (κ1) is 18.8. The van der Waals surface area contributed by atoms with Crippen molar-refractivity contribution in [3.05, 3.63) is 59.5 Å². The molecule has 3 aromatic rings. The Kier molecular flexibility index (Phi) is 5.08. The van der Waals surface area contributed by atoms with Crippen LogP contribution < -0.4 is 14.8 Å². The highest BCUT2D eigenvalue weighted by Crippen LogP contribution is 2.30. The number of carbonyl (C=O) groups excluding carboxylic acids is 1. The molecule has 0 aliphatic heterocycles. The molecule has 2 aromatic carbocycles. The number of H-pyrrole nitrogens is 1. The summed E-state index contributed by atoms with van der Waals surface area (Å²) in [5.41, 5.74) is 1.86. The summed E-state index contributed by atoms with van der Waals surface area (Å²) < 4.78 is 24.1. The first-order valence-corrected chi connectivity index (χ1v) is 8.62. The molecule has 0 saturated carbocycles. The van der Waals surface area contributed by atoms with Gasteiger partial charge in [-0.3, -0.25) is 4.79 Å². The number of hydrogen-bond acceptors (Lipinski definition) is 3. The Bertz CT molecular complexity index is 956. The van der Waals surface area contributed by atoms with Gasteiger partial charge in [0, 0.05) is 40.7 Å². The van der Waals surface area contributed by atoms with Crippen LogP contribution in [-0.4, -0.2) is 31.7 Å². The monoisotopic (exact) mass is 370 g/mol. The second-order valence-corrected chi connectivity index (χ2v) is 7.06. The van der Waals surface area contributed by atoms with Crippen LogP contribution in [0.2, 0.25) is 0 Å². The summed E-state index contributed by atoms with van der Waals surface area (Å²) in [6.45, 7) is 4.40. The number of nitrogens with one attached hydrogen (secondary N) is 2. The quantitative estimate of drug-likeness (QED) is 0.689. The number of aromatic nitrogens is 1.